The van der Waals surface area contributed by atoms with Crippen LogP contribution in [0.1, 0.15) is 27.2 Å². The summed E-state index contributed by atoms with van der Waals surface area (Å²) < 4.78 is 1.54. The van der Waals surface area contributed by atoms with Gasteiger partial charge in [-0.2, -0.15) is 11.8 Å². The van der Waals surface area contributed by atoms with E-state index in [1.807, 2.05) is 6.92 Å². The van der Waals surface area contributed by atoms with Crippen molar-refractivity contribution in [3.63, 3.8) is 0 Å². The number of amides is 1. The molecule has 1 amide bonds. The summed E-state index contributed by atoms with van der Waals surface area (Å²) in [4.78, 5) is 29.0. The summed E-state index contributed by atoms with van der Waals surface area (Å²) in [6.07, 6.45) is 0. The van der Waals surface area contributed by atoms with Crippen molar-refractivity contribution < 1.29 is 4.79 Å². The zero-order chi connectivity index (χ0) is 18.7. The molecule has 0 spiro atoms. The Morgan fingerprint density at radius 3 is 2.73 bits per heavy atom. The molecule has 0 saturated heterocycles. The average molecular weight is 370 g/mol. The largest absolute Gasteiger partial charge is 0.351 e. The third-order valence-electron chi connectivity index (χ3n) is 4.11. The van der Waals surface area contributed by atoms with Crippen molar-refractivity contribution in [3.05, 3.63) is 63.1 Å². The van der Waals surface area contributed by atoms with Gasteiger partial charge in [-0.1, -0.05) is 29.8 Å². The van der Waals surface area contributed by atoms with E-state index >= 15 is 0 Å². The lowest BCUT2D eigenvalue weighted by Crippen LogP contribution is -2.27. The van der Waals surface area contributed by atoms with E-state index in [1.54, 1.807) is 29.6 Å². The van der Waals surface area contributed by atoms with Crippen molar-refractivity contribution in [1.82, 2.24) is 20.1 Å². The maximum Gasteiger partial charge on any atom is 0.274 e. The maximum absolute atomic E-state index is 12.5. The van der Waals surface area contributed by atoms with Gasteiger partial charge in [0.15, 0.2) is 5.65 Å². The smallest absolute Gasteiger partial charge is 0.274 e. The number of hydrogen-bond donors (Lipinski definition) is 2. The second-order valence-electron chi connectivity index (χ2n) is 6.30. The maximum atomic E-state index is 12.5. The van der Waals surface area contributed by atoms with Gasteiger partial charge in [-0.25, -0.2) is 4.98 Å². The Kier molecular flexibility index (Phi) is 5.46. The van der Waals surface area contributed by atoms with Crippen LogP contribution in [0.4, 0.5) is 0 Å². The van der Waals surface area contributed by atoms with Crippen LogP contribution in [0.2, 0.25) is 0 Å². The third kappa shape index (κ3) is 3.99. The zero-order valence-corrected chi connectivity index (χ0v) is 15.9. The number of fused-ring (bicyclic) bond motifs is 1. The number of carbonyl (C=O) groups excluding carboxylic acids is 1. The minimum atomic E-state index is -0.297. The Hall–Kier alpha value is -2.54. The molecule has 3 aromatic rings. The van der Waals surface area contributed by atoms with Crippen molar-refractivity contribution in [2.24, 2.45) is 7.05 Å². The van der Waals surface area contributed by atoms with E-state index < -0.39 is 0 Å². The summed E-state index contributed by atoms with van der Waals surface area (Å²) in [5, 5.41) is 5.89. The monoisotopic (exact) mass is 370 g/mol. The molecule has 2 N–H and O–H groups in total. The molecule has 0 atom stereocenters. The average Bonchev–Trinajstić information content (AvgIpc) is 2.89. The molecule has 1 aromatic carbocycles. The van der Waals surface area contributed by atoms with Gasteiger partial charge in [0.1, 0.15) is 0 Å². The molecule has 7 heteroatoms. The van der Waals surface area contributed by atoms with E-state index in [0.29, 0.717) is 28.8 Å². The molecule has 2 heterocycles. The van der Waals surface area contributed by atoms with Crippen molar-refractivity contribution in [2.75, 3.05) is 12.3 Å². The van der Waals surface area contributed by atoms with Crippen LogP contribution in [-0.4, -0.2) is 33.0 Å². The fourth-order valence-electron chi connectivity index (χ4n) is 2.77. The highest BCUT2D eigenvalue weighted by atomic mass is 32.2. The summed E-state index contributed by atoms with van der Waals surface area (Å²) in [6.45, 7) is 4.43. The summed E-state index contributed by atoms with van der Waals surface area (Å²) in [5.41, 5.74) is 3.79. The van der Waals surface area contributed by atoms with Gasteiger partial charge < -0.3 is 5.32 Å². The molecule has 136 valence electrons. The molecule has 26 heavy (non-hydrogen) atoms. The molecule has 3 rings (SSSR count). The van der Waals surface area contributed by atoms with E-state index in [2.05, 4.69) is 46.6 Å². The number of aryl methyl sites for hydroxylation is 3. The third-order valence-corrected chi connectivity index (χ3v) is 5.14. The molecule has 2 aromatic heterocycles. The fourth-order valence-corrected chi connectivity index (χ4v) is 3.59. The number of benzene rings is 1. The number of nitrogens with one attached hydrogen (secondary N) is 2. The van der Waals surface area contributed by atoms with E-state index in [9.17, 15) is 9.59 Å². The zero-order valence-electron chi connectivity index (χ0n) is 15.1. The first-order valence-corrected chi connectivity index (χ1v) is 9.59. The molecular formula is C19H22N4O2S. The minimum Gasteiger partial charge on any atom is -0.351 e. The molecule has 0 unspecified atom stereocenters. The van der Waals surface area contributed by atoms with Gasteiger partial charge in [-0.3, -0.25) is 19.4 Å². The van der Waals surface area contributed by atoms with Crippen molar-refractivity contribution in [2.45, 2.75) is 19.6 Å². The van der Waals surface area contributed by atoms with Crippen LogP contribution >= 0.6 is 11.8 Å². The Morgan fingerprint density at radius 2 is 2.00 bits per heavy atom. The Morgan fingerprint density at radius 1 is 1.27 bits per heavy atom. The topological polar surface area (TPSA) is 79.8 Å². The molecule has 0 bridgehead atoms. The highest BCUT2D eigenvalue weighted by Crippen LogP contribution is 2.15. The van der Waals surface area contributed by atoms with Gasteiger partial charge in [0.2, 0.25) is 0 Å². The second kappa shape index (κ2) is 7.78. The van der Waals surface area contributed by atoms with E-state index in [4.69, 9.17) is 0 Å². The van der Waals surface area contributed by atoms with Gasteiger partial charge in [-0.05, 0) is 25.5 Å². The first kappa shape index (κ1) is 18.3. The van der Waals surface area contributed by atoms with Crippen LogP contribution in [0.25, 0.3) is 11.0 Å². The van der Waals surface area contributed by atoms with Gasteiger partial charge in [-0.15, -0.1) is 0 Å². The molecule has 0 radical (unpaired) electrons. The number of aromatic amines is 1. The molecular weight excluding hydrogens is 348 g/mol. The number of nitrogens with zero attached hydrogens (tertiary/aromatic N) is 2. The van der Waals surface area contributed by atoms with Crippen LogP contribution in [0.5, 0.6) is 0 Å². The van der Waals surface area contributed by atoms with Crippen molar-refractivity contribution in [1.29, 1.82) is 0 Å². The van der Waals surface area contributed by atoms with Gasteiger partial charge in [0, 0.05) is 30.8 Å². The number of hydrogen-bond acceptors (Lipinski definition) is 4. The molecule has 0 aliphatic rings. The molecule has 0 saturated carbocycles. The highest BCUT2D eigenvalue weighted by molar-refractivity contribution is 7.98. The number of rotatable bonds is 6. The summed E-state index contributed by atoms with van der Waals surface area (Å²) >= 11 is 1.76. The van der Waals surface area contributed by atoms with Gasteiger partial charge in [0.25, 0.3) is 11.5 Å². The molecule has 0 aliphatic carbocycles. The number of H-pyrrole nitrogens is 1. The normalized spacial score (nSPS) is 11.0. The lowest BCUT2D eigenvalue weighted by atomic mass is 10.1. The van der Waals surface area contributed by atoms with Crippen LogP contribution in [0, 0.1) is 13.8 Å². The predicted octanol–water partition coefficient (Wildman–Crippen LogP) is 2.54. The van der Waals surface area contributed by atoms with Gasteiger partial charge in [0.05, 0.1) is 10.9 Å². The lowest BCUT2D eigenvalue weighted by Gasteiger charge is -2.07. The first-order valence-electron chi connectivity index (χ1n) is 8.43. The molecule has 0 fully saturated rings. The second-order valence-corrected chi connectivity index (χ2v) is 7.41. The van der Waals surface area contributed by atoms with Gasteiger partial charge >= 0.3 is 0 Å². The predicted molar refractivity (Wildman–Crippen MR) is 106 cm³/mol. The summed E-state index contributed by atoms with van der Waals surface area (Å²) in [7, 11) is 1.71. The van der Waals surface area contributed by atoms with E-state index in [1.165, 1.54) is 11.1 Å². The van der Waals surface area contributed by atoms with Crippen LogP contribution in [0.3, 0.4) is 0 Å². The number of pyridine rings is 1. The van der Waals surface area contributed by atoms with Crippen LogP contribution in [-0.2, 0) is 12.8 Å². The quantitative estimate of drug-likeness (QED) is 0.654. The van der Waals surface area contributed by atoms with Crippen LogP contribution < -0.4 is 10.9 Å². The van der Waals surface area contributed by atoms with Crippen LogP contribution in [0.15, 0.2) is 35.1 Å². The standard InChI is InChI=1S/C19H22N4O2S/c1-12-4-6-14(7-5-12)11-26-9-8-20-18(24)15-10-13(2)21-17-16(15)19(25)22-23(17)3/h4-7,10H,8-9,11H2,1-3H3,(H,20,24)(H,22,25). The molecule has 6 nitrogen and oxygen atoms in total. The lowest BCUT2D eigenvalue weighted by molar-refractivity contribution is 0.0957. The minimum absolute atomic E-state index is 0.242. The number of carbonyl (C=O) groups is 1. The number of thioether (sulfide) groups is 1. The summed E-state index contributed by atoms with van der Waals surface area (Å²) in [5.74, 6) is 1.47. The van der Waals surface area contributed by atoms with Crippen molar-refractivity contribution >= 4 is 28.7 Å². The van der Waals surface area contributed by atoms with Crippen molar-refractivity contribution in [3.8, 4) is 0 Å². The highest BCUT2D eigenvalue weighted by Gasteiger charge is 2.17. The number of aromatic nitrogens is 3. The first-order chi connectivity index (χ1) is 12.5. The Balaban J connectivity index is 1.59. The SMILES string of the molecule is Cc1ccc(CSCCNC(=O)c2cc(C)nc3c2c(=O)[nH]n3C)cc1. The Bertz CT molecular complexity index is 989. The van der Waals surface area contributed by atoms with E-state index in [-0.39, 0.29) is 11.5 Å². The molecule has 0 aliphatic heterocycles. The fraction of sp³-hybridized carbons (Fsp3) is 0.316. The Labute approximate surface area is 156 Å². The van der Waals surface area contributed by atoms with E-state index in [0.717, 1.165) is 11.5 Å². The summed E-state index contributed by atoms with van der Waals surface area (Å²) in [6, 6.07) is 10.1.